The Morgan fingerprint density at radius 2 is 1.06 bits per heavy atom. The molecular formula is C50H54ClN5O6. The number of aromatic nitrogens is 2. The van der Waals surface area contributed by atoms with Crippen LogP contribution in [0.1, 0.15) is 55.6 Å². The topological polar surface area (TPSA) is 153 Å². The zero-order valence-corrected chi connectivity index (χ0v) is 36.0. The van der Waals surface area contributed by atoms with Crippen molar-refractivity contribution in [1.82, 2.24) is 20.6 Å². The Morgan fingerprint density at radius 3 is 1.52 bits per heavy atom. The maximum Gasteiger partial charge on any atom is 0.130 e. The number of hydrogen-bond acceptors (Lipinski definition) is 11. The second-order valence-electron chi connectivity index (χ2n) is 14.7. The van der Waals surface area contributed by atoms with Gasteiger partial charge in [0.15, 0.2) is 0 Å². The zero-order valence-electron chi connectivity index (χ0n) is 35.3. The molecule has 322 valence electrons. The van der Waals surface area contributed by atoms with Gasteiger partial charge in [0.2, 0.25) is 0 Å². The number of aliphatic hydroxyl groups is 2. The van der Waals surface area contributed by atoms with Crippen LogP contribution in [-0.2, 0) is 39.5 Å². The first-order valence-corrected chi connectivity index (χ1v) is 20.8. The van der Waals surface area contributed by atoms with Crippen LogP contribution in [0, 0.1) is 13.8 Å². The third-order valence-corrected chi connectivity index (χ3v) is 10.6. The molecular weight excluding hydrogens is 802 g/mol. The lowest BCUT2D eigenvalue weighted by molar-refractivity contribution is 0.282. The van der Waals surface area contributed by atoms with E-state index in [4.69, 9.17) is 36.3 Å². The number of nitrogens with one attached hydrogen (secondary N) is 2. The van der Waals surface area contributed by atoms with Crippen molar-refractivity contribution < 1.29 is 29.2 Å². The van der Waals surface area contributed by atoms with Crippen molar-refractivity contribution in [2.75, 3.05) is 32.0 Å². The lowest BCUT2D eigenvalue weighted by Crippen LogP contribution is -2.18. The van der Waals surface area contributed by atoms with Crippen molar-refractivity contribution >= 4 is 29.4 Å². The highest BCUT2D eigenvalue weighted by Crippen LogP contribution is 2.36. The molecule has 2 heterocycles. The summed E-state index contributed by atoms with van der Waals surface area (Å²) in [6.45, 7) is 15.4. The van der Waals surface area contributed by atoms with Gasteiger partial charge in [-0.05, 0) is 71.5 Å². The Balaban J connectivity index is 1.21. The van der Waals surface area contributed by atoms with Crippen molar-refractivity contribution in [1.29, 1.82) is 0 Å². The highest BCUT2D eigenvalue weighted by atomic mass is 35.5. The average Bonchev–Trinajstić information content (AvgIpc) is 3.27. The van der Waals surface area contributed by atoms with Crippen LogP contribution in [-0.4, -0.2) is 46.5 Å². The van der Waals surface area contributed by atoms with E-state index in [0.717, 1.165) is 66.8 Å². The fourth-order valence-electron chi connectivity index (χ4n) is 6.99. The van der Waals surface area contributed by atoms with Gasteiger partial charge in [-0.3, -0.25) is 9.97 Å². The van der Waals surface area contributed by atoms with Crippen LogP contribution in [0.2, 0.25) is 5.02 Å². The van der Waals surface area contributed by atoms with Crippen LogP contribution in [0.3, 0.4) is 0 Å². The maximum absolute atomic E-state index is 9.36. The van der Waals surface area contributed by atoms with Crippen LogP contribution in [0.25, 0.3) is 23.3 Å². The highest BCUT2D eigenvalue weighted by Gasteiger charge is 2.17. The minimum Gasteiger partial charge on any atom is -0.488 e. The van der Waals surface area contributed by atoms with E-state index in [1.54, 1.807) is 36.9 Å². The Hall–Kier alpha value is -6.21. The fraction of sp³-hybridized carbons (Fsp3) is 0.240. The minimum absolute atomic E-state index is 0.0228. The third kappa shape index (κ3) is 12.0. The number of pyridine rings is 2. The first-order chi connectivity index (χ1) is 30.2. The van der Waals surface area contributed by atoms with Crippen molar-refractivity contribution in [3.8, 4) is 34.1 Å². The molecule has 0 radical (unpaired) electrons. The van der Waals surface area contributed by atoms with Gasteiger partial charge in [-0.1, -0.05) is 73.3 Å². The van der Waals surface area contributed by atoms with Crippen molar-refractivity contribution in [3.05, 3.63) is 171 Å². The molecule has 0 aliphatic carbocycles. The van der Waals surface area contributed by atoms with Crippen LogP contribution in [0.5, 0.6) is 23.0 Å². The number of benzene rings is 4. The number of ether oxygens (including phenoxy) is 4. The number of aliphatic hydroxyl groups excluding tert-OH is 2. The standard InChI is InChI=1S/C50H54ClN5O6/c1-5-37-19-41(25-53-13-15-57)49(59-29-35-17-43(51)27-55-23-35)21-47(37)61-31-39-9-7-11-45(33(39)3)46-12-8-10-40(34(46)4)32-62-48-22-50(60-30-36-18-44(52)28-56-24-36)42(20-38(48)6-2)26-54-14-16-58/h5-12,17-24,27-28,53-54,57-58H,1-2,13-16,25-26,29-32,52H2,3-4H3. The largest absolute Gasteiger partial charge is 0.488 e. The number of nitrogen functional groups attached to an aromatic ring is 1. The van der Waals surface area contributed by atoms with E-state index in [1.165, 1.54) is 0 Å². The summed E-state index contributed by atoms with van der Waals surface area (Å²) < 4.78 is 25.6. The van der Waals surface area contributed by atoms with Crippen molar-refractivity contribution in [3.63, 3.8) is 0 Å². The molecule has 0 spiro atoms. The van der Waals surface area contributed by atoms with Crippen molar-refractivity contribution in [2.24, 2.45) is 0 Å². The maximum atomic E-state index is 9.36. The number of nitrogens with zero attached hydrogens (tertiary/aromatic N) is 2. The molecule has 0 unspecified atom stereocenters. The molecule has 62 heavy (non-hydrogen) atoms. The van der Waals surface area contributed by atoms with Gasteiger partial charge in [-0.15, -0.1) is 0 Å². The van der Waals surface area contributed by atoms with E-state index in [2.05, 4.69) is 84.0 Å². The average molecular weight is 856 g/mol. The Labute approximate surface area is 368 Å². The number of halogens is 1. The normalized spacial score (nSPS) is 11.0. The summed E-state index contributed by atoms with van der Waals surface area (Å²) in [5.74, 6) is 2.55. The number of hydrogen-bond donors (Lipinski definition) is 5. The van der Waals surface area contributed by atoms with E-state index in [-0.39, 0.29) is 26.4 Å². The Morgan fingerprint density at radius 1 is 0.597 bits per heavy atom. The van der Waals surface area contributed by atoms with E-state index >= 15 is 0 Å². The van der Waals surface area contributed by atoms with E-state index in [9.17, 15) is 10.2 Å². The van der Waals surface area contributed by atoms with Crippen molar-refractivity contribution in [2.45, 2.75) is 53.4 Å². The van der Waals surface area contributed by atoms with Gasteiger partial charge in [0.25, 0.3) is 0 Å². The van der Waals surface area contributed by atoms with Crippen LogP contribution in [0.15, 0.2) is 111 Å². The number of anilines is 1. The number of nitrogens with two attached hydrogens (primary N) is 1. The summed E-state index contributed by atoms with van der Waals surface area (Å²) >= 11 is 6.18. The van der Waals surface area contributed by atoms with Gasteiger partial charge in [-0.25, -0.2) is 0 Å². The predicted octanol–water partition coefficient (Wildman–Crippen LogP) is 8.76. The van der Waals surface area contributed by atoms with Gasteiger partial charge in [0.1, 0.15) is 49.4 Å². The molecule has 0 saturated heterocycles. The molecule has 0 bridgehead atoms. The molecule has 0 aliphatic rings. The first-order valence-electron chi connectivity index (χ1n) is 20.4. The van der Waals surface area contributed by atoms with E-state index in [0.29, 0.717) is 73.1 Å². The lowest BCUT2D eigenvalue weighted by atomic mass is 9.92. The van der Waals surface area contributed by atoms with Crippen LogP contribution >= 0.6 is 11.6 Å². The summed E-state index contributed by atoms with van der Waals surface area (Å²) in [4.78, 5) is 8.36. The predicted molar refractivity (Wildman–Crippen MR) is 247 cm³/mol. The molecule has 6 aromatic rings. The number of rotatable bonds is 23. The molecule has 0 fully saturated rings. The van der Waals surface area contributed by atoms with Gasteiger partial charge in [0, 0.05) is 96.5 Å². The first kappa shape index (κ1) is 45.3. The molecule has 0 atom stereocenters. The fourth-order valence-corrected chi connectivity index (χ4v) is 7.18. The molecule has 4 aromatic carbocycles. The third-order valence-electron chi connectivity index (χ3n) is 10.3. The summed E-state index contributed by atoms with van der Waals surface area (Å²) in [5, 5.41) is 25.7. The van der Waals surface area contributed by atoms with Gasteiger partial charge < -0.3 is 45.5 Å². The Bertz CT molecular complexity index is 2310. The van der Waals surface area contributed by atoms with Gasteiger partial charge in [0.05, 0.1) is 23.9 Å². The SMILES string of the molecule is C=Cc1cc(CNCCO)c(OCc2cncc(N)c2)cc1OCc1cccc(-c2cccc(COc3cc(OCc4cncc(Cl)c4)c(CNCCO)cc3C=C)c2C)c1C. The molecule has 0 amide bonds. The molecule has 0 saturated carbocycles. The van der Waals surface area contributed by atoms with Gasteiger partial charge >= 0.3 is 0 Å². The smallest absolute Gasteiger partial charge is 0.130 e. The monoisotopic (exact) mass is 855 g/mol. The molecule has 0 aliphatic heterocycles. The summed E-state index contributed by atoms with van der Waals surface area (Å²) in [6, 6.07) is 23.9. The summed E-state index contributed by atoms with van der Waals surface area (Å²) in [7, 11) is 0. The quantitative estimate of drug-likeness (QED) is 0.0393. The lowest BCUT2D eigenvalue weighted by Gasteiger charge is -2.19. The molecule has 6 N–H and O–H groups in total. The zero-order chi connectivity index (χ0) is 43.8. The second-order valence-corrected chi connectivity index (χ2v) is 15.1. The molecule has 2 aromatic heterocycles. The molecule has 6 rings (SSSR count). The van der Waals surface area contributed by atoms with E-state index in [1.807, 2.05) is 36.4 Å². The summed E-state index contributed by atoms with van der Waals surface area (Å²) in [5.41, 5.74) is 18.1. The van der Waals surface area contributed by atoms with Gasteiger partial charge in [-0.2, -0.15) is 0 Å². The Kier molecular flexibility index (Phi) is 16.5. The molecule has 11 nitrogen and oxygen atoms in total. The summed E-state index contributed by atoms with van der Waals surface area (Å²) in [6.07, 6.45) is 10.2. The minimum atomic E-state index is 0.0228. The van der Waals surface area contributed by atoms with Crippen LogP contribution < -0.4 is 35.3 Å². The van der Waals surface area contributed by atoms with Crippen LogP contribution in [0.4, 0.5) is 5.69 Å². The van der Waals surface area contributed by atoms with E-state index < -0.39 is 0 Å². The molecule has 12 heteroatoms. The second kappa shape index (κ2) is 22.6. The highest BCUT2D eigenvalue weighted by molar-refractivity contribution is 6.30.